The Bertz CT molecular complexity index is 811. The molecule has 2 atom stereocenters. The number of likely N-dealkylation sites (N-methyl/N-ethyl adjacent to an activating group) is 1. The average Bonchev–Trinajstić information content (AvgIpc) is 2.56. The van der Waals surface area contributed by atoms with Gasteiger partial charge in [0.05, 0.1) is 25.7 Å². The van der Waals surface area contributed by atoms with Crippen LogP contribution in [0.1, 0.15) is 31.9 Å². The highest BCUT2D eigenvalue weighted by atomic mass is 19.4. The van der Waals surface area contributed by atoms with Gasteiger partial charge in [-0.1, -0.05) is 6.08 Å². The molecule has 1 heterocycles. The average molecular weight is 401 g/mol. The molecule has 3 N–H and O–H groups in total. The summed E-state index contributed by atoms with van der Waals surface area (Å²) >= 11 is 0. The number of hydrogen-bond donors (Lipinski definition) is 2. The minimum absolute atomic E-state index is 0.297. The van der Waals surface area contributed by atoms with E-state index in [0.29, 0.717) is 40.8 Å². The van der Waals surface area contributed by atoms with E-state index in [9.17, 15) is 22.7 Å². The third-order valence-corrected chi connectivity index (χ3v) is 4.84. The molecular weight excluding hydrogens is 376 g/mol. The Balaban J connectivity index is 2.57. The van der Waals surface area contributed by atoms with Crippen LogP contribution in [0.25, 0.3) is 0 Å². The molecule has 0 saturated heterocycles. The molecule has 0 fully saturated rings. The van der Waals surface area contributed by atoms with Crippen molar-refractivity contribution in [2.45, 2.75) is 32.7 Å². The fraction of sp³-hybridized carbons (Fsp3) is 0.400. The maximum absolute atomic E-state index is 14.6. The second-order valence-electron chi connectivity index (χ2n) is 7.23. The molecule has 28 heavy (non-hydrogen) atoms. The molecule has 1 aliphatic heterocycles. The molecule has 0 aromatic heterocycles. The zero-order valence-corrected chi connectivity index (χ0v) is 16.1. The van der Waals surface area contributed by atoms with Crippen molar-refractivity contribution in [1.82, 2.24) is 0 Å². The van der Waals surface area contributed by atoms with Crippen LogP contribution >= 0.6 is 0 Å². The predicted molar refractivity (Wildman–Crippen MR) is 99.0 cm³/mol. The molecule has 0 aliphatic carbocycles. The lowest BCUT2D eigenvalue weighted by atomic mass is 9.92. The van der Waals surface area contributed by atoms with Crippen molar-refractivity contribution in [1.29, 1.82) is 0 Å². The minimum atomic E-state index is -4.87. The number of hydrogen-bond acceptors (Lipinski definition) is 3. The number of quaternary nitrogens is 1. The second-order valence-corrected chi connectivity index (χ2v) is 7.23. The molecular formula is C20H25F4N2O2+. The summed E-state index contributed by atoms with van der Waals surface area (Å²) in [5, 5.41) is 10.5. The summed E-state index contributed by atoms with van der Waals surface area (Å²) in [7, 11) is 1.90. The highest BCUT2D eigenvalue weighted by Crippen LogP contribution is 2.42. The Morgan fingerprint density at radius 2 is 2.07 bits per heavy atom. The highest BCUT2D eigenvalue weighted by molar-refractivity contribution is 5.44. The summed E-state index contributed by atoms with van der Waals surface area (Å²) in [6, 6.07) is 2.76. The van der Waals surface area contributed by atoms with Gasteiger partial charge < -0.3 is 20.1 Å². The van der Waals surface area contributed by atoms with Gasteiger partial charge in [-0.15, -0.1) is 13.2 Å². The molecule has 2 rings (SSSR count). The molecule has 1 aromatic carbocycles. The van der Waals surface area contributed by atoms with Crippen molar-refractivity contribution in [2.24, 2.45) is 5.73 Å². The molecule has 2 unspecified atom stereocenters. The van der Waals surface area contributed by atoms with Gasteiger partial charge in [0.1, 0.15) is 23.4 Å². The Kier molecular flexibility index (Phi) is 6.44. The number of nitrogens with two attached hydrogens (primary N) is 1. The summed E-state index contributed by atoms with van der Waals surface area (Å²) < 4.78 is 56.1. The number of halogens is 4. The second kappa shape index (κ2) is 8.26. The number of phenols is 1. The van der Waals surface area contributed by atoms with Crippen LogP contribution in [0.3, 0.4) is 0 Å². The summed E-state index contributed by atoms with van der Waals surface area (Å²) in [4.78, 5) is 0. The monoisotopic (exact) mass is 401 g/mol. The third kappa shape index (κ3) is 5.28. The Morgan fingerprint density at radius 3 is 2.64 bits per heavy atom. The topological polar surface area (TPSA) is 55.5 Å². The summed E-state index contributed by atoms with van der Waals surface area (Å²) in [6.45, 7) is 4.45. The van der Waals surface area contributed by atoms with Gasteiger partial charge in [0.25, 0.3) is 0 Å². The van der Waals surface area contributed by atoms with E-state index in [-0.39, 0.29) is 5.75 Å². The lowest BCUT2D eigenvalue weighted by Crippen LogP contribution is -2.49. The summed E-state index contributed by atoms with van der Waals surface area (Å²) in [5.41, 5.74) is 7.08. The van der Waals surface area contributed by atoms with Crippen molar-refractivity contribution < 1.29 is 31.9 Å². The Morgan fingerprint density at radius 1 is 1.39 bits per heavy atom. The molecule has 4 nitrogen and oxygen atoms in total. The standard InChI is InChI=1S/C20H24F4N2O2/c1-13(25)9-11-26(3)10-5-4-6-17(21)14(2)19(26)16-8-7-15(12-18(16)27)28-20(22,23)24/h4,6-9,12,19H,5,10-11,25H2,1-3H3/p+1/b6-4-,13-9+,17-14-. The number of alkyl halides is 3. The van der Waals surface area contributed by atoms with Crippen molar-refractivity contribution >= 4 is 0 Å². The maximum atomic E-state index is 14.6. The lowest BCUT2D eigenvalue weighted by molar-refractivity contribution is -0.928. The minimum Gasteiger partial charge on any atom is -0.507 e. The number of rotatable bonds is 4. The van der Waals surface area contributed by atoms with Gasteiger partial charge >= 0.3 is 6.36 Å². The number of aromatic hydroxyl groups is 1. The van der Waals surface area contributed by atoms with Crippen molar-refractivity contribution in [2.75, 3.05) is 20.1 Å². The molecule has 0 amide bonds. The third-order valence-electron chi connectivity index (χ3n) is 4.84. The lowest BCUT2D eigenvalue weighted by Gasteiger charge is -2.42. The van der Waals surface area contributed by atoms with Crippen LogP contribution in [0, 0.1) is 0 Å². The largest absolute Gasteiger partial charge is 0.573 e. The van der Waals surface area contributed by atoms with Crippen LogP contribution in [0.15, 0.2) is 53.5 Å². The Labute approximate surface area is 161 Å². The van der Waals surface area contributed by atoms with E-state index in [4.69, 9.17) is 5.73 Å². The highest BCUT2D eigenvalue weighted by Gasteiger charge is 2.38. The molecule has 0 radical (unpaired) electrons. The van der Waals surface area contributed by atoms with Crippen molar-refractivity contribution in [3.8, 4) is 11.5 Å². The smallest absolute Gasteiger partial charge is 0.507 e. The number of ether oxygens (including phenoxy) is 1. The fourth-order valence-corrected chi connectivity index (χ4v) is 3.49. The van der Waals surface area contributed by atoms with Gasteiger partial charge in [-0.3, -0.25) is 0 Å². The van der Waals surface area contributed by atoms with Crippen molar-refractivity contribution in [3.05, 3.63) is 59.1 Å². The molecule has 1 aromatic rings. The van der Waals surface area contributed by atoms with Gasteiger partial charge in [0.15, 0.2) is 0 Å². The predicted octanol–water partition coefficient (Wildman–Crippen LogP) is 4.84. The first-order valence-electron chi connectivity index (χ1n) is 8.81. The molecule has 0 saturated carbocycles. The van der Waals surface area contributed by atoms with Crippen LogP contribution in [-0.2, 0) is 0 Å². The molecule has 154 valence electrons. The van der Waals surface area contributed by atoms with Crippen LogP contribution in [0.4, 0.5) is 17.6 Å². The van der Waals surface area contributed by atoms with Crippen LogP contribution < -0.4 is 10.5 Å². The van der Waals surface area contributed by atoms with E-state index in [1.165, 1.54) is 12.1 Å². The Hall–Kier alpha value is -2.48. The van der Waals surface area contributed by atoms with E-state index >= 15 is 0 Å². The van der Waals surface area contributed by atoms with E-state index < -0.39 is 24.0 Å². The quantitative estimate of drug-likeness (QED) is 0.561. The molecule has 0 spiro atoms. The van der Waals surface area contributed by atoms with E-state index in [2.05, 4.69) is 4.74 Å². The van der Waals surface area contributed by atoms with E-state index in [1.54, 1.807) is 19.9 Å². The molecule has 1 aliphatic rings. The van der Waals surface area contributed by atoms with Gasteiger partial charge in [0.2, 0.25) is 0 Å². The summed E-state index contributed by atoms with van der Waals surface area (Å²) in [6.07, 6.45) is 0.677. The summed E-state index contributed by atoms with van der Waals surface area (Å²) in [5.74, 6) is -1.35. The first kappa shape index (κ1) is 21.8. The van der Waals surface area contributed by atoms with Crippen LogP contribution in [0.5, 0.6) is 11.5 Å². The number of phenolic OH excluding ortho intramolecular Hbond substituents is 1. The number of nitrogens with zero attached hydrogens (tertiary/aromatic N) is 1. The SMILES string of the molecule is C/C1=C(F)\C=C/CC[N+](C)(C/C=C(\C)N)C1c1ccc(OC(F)(F)F)cc1O. The van der Waals surface area contributed by atoms with Crippen LogP contribution in [-0.4, -0.2) is 36.1 Å². The van der Waals surface area contributed by atoms with Gasteiger partial charge in [0, 0.05) is 23.8 Å². The fourth-order valence-electron chi connectivity index (χ4n) is 3.49. The molecule has 8 heteroatoms. The van der Waals surface area contributed by atoms with Gasteiger partial charge in [-0.2, -0.15) is 0 Å². The molecule has 0 bridgehead atoms. The normalized spacial score (nSPS) is 27.8. The van der Waals surface area contributed by atoms with Crippen molar-refractivity contribution in [3.63, 3.8) is 0 Å². The zero-order valence-electron chi connectivity index (χ0n) is 16.1. The van der Waals surface area contributed by atoms with Gasteiger partial charge in [-0.25, -0.2) is 4.39 Å². The maximum Gasteiger partial charge on any atom is 0.573 e. The van der Waals surface area contributed by atoms with Gasteiger partial charge in [-0.05, 0) is 38.1 Å². The van der Waals surface area contributed by atoms with E-state index in [1.807, 2.05) is 13.1 Å². The number of allylic oxidation sites excluding steroid dienone is 3. The zero-order chi connectivity index (χ0) is 21.1. The first-order chi connectivity index (χ1) is 12.9. The number of benzene rings is 1. The van der Waals surface area contributed by atoms with E-state index in [0.717, 1.165) is 12.1 Å². The first-order valence-corrected chi connectivity index (χ1v) is 8.81. The van der Waals surface area contributed by atoms with Crippen LogP contribution in [0.2, 0.25) is 0 Å².